The molecule has 2 aromatic heterocycles. The Bertz CT molecular complexity index is 886. The summed E-state index contributed by atoms with van der Waals surface area (Å²) in [4.78, 5) is 16.8. The maximum atomic E-state index is 12.4. The lowest BCUT2D eigenvalue weighted by atomic mass is 10.1. The van der Waals surface area contributed by atoms with Crippen LogP contribution in [0.1, 0.15) is 11.3 Å². The molecule has 0 aliphatic rings. The van der Waals surface area contributed by atoms with Gasteiger partial charge in [0.15, 0.2) is 17.1 Å². The molecule has 0 spiro atoms. The van der Waals surface area contributed by atoms with Gasteiger partial charge in [-0.15, -0.1) is 0 Å². The fourth-order valence-corrected chi connectivity index (χ4v) is 2.60. The normalized spacial score (nSPS) is 10.6. The van der Waals surface area contributed by atoms with Crippen molar-refractivity contribution in [2.24, 2.45) is 0 Å². The second-order valence-corrected chi connectivity index (χ2v) is 5.45. The van der Waals surface area contributed by atoms with E-state index in [1.54, 1.807) is 26.4 Å². The third-order valence-corrected chi connectivity index (χ3v) is 3.69. The highest BCUT2D eigenvalue weighted by Crippen LogP contribution is 2.27. The summed E-state index contributed by atoms with van der Waals surface area (Å²) in [6.07, 6.45) is 4.06. The van der Waals surface area contributed by atoms with Crippen LogP contribution in [0.3, 0.4) is 0 Å². The van der Waals surface area contributed by atoms with Gasteiger partial charge in [0.1, 0.15) is 0 Å². The Labute approximate surface area is 140 Å². The standard InChI is InChI=1S/C18H19N3O3/c1-12-11-21-8-4-5-14(18(21)19-12)20-17(22)10-13-6-7-15(23-2)16(9-13)24-3/h4-9,11H,10H2,1-3H3,(H,20,22). The van der Waals surface area contributed by atoms with Gasteiger partial charge in [0.05, 0.1) is 32.0 Å². The molecule has 0 unspecified atom stereocenters. The van der Waals surface area contributed by atoms with E-state index in [1.807, 2.05) is 41.9 Å². The van der Waals surface area contributed by atoms with E-state index >= 15 is 0 Å². The third kappa shape index (κ3) is 3.17. The highest BCUT2D eigenvalue weighted by atomic mass is 16.5. The van der Waals surface area contributed by atoms with E-state index in [-0.39, 0.29) is 12.3 Å². The molecular weight excluding hydrogens is 306 g/mol. The van der Waals surface area contributed by atoms with Crippen LogP contribution >= 0.6 is 0 Å². The lowest BCUT2D eigenvalue weighted by molar-refractivity contribution is -0.115. The number of nitrogens with one attached hydrogen (secondary N) is 1. The van der Waals surface area contributed by atoms with Crippen LogP contribution in [0.4, 0.5) is 5.69 Å². The van der Waals surface area contributed by atoms with Crippen molar-refractivity contribution in [1.82, 2.24) is 9.38 Å². The lowest BCUT2D eigenvalue weighted by Crippen LogP contribution is -2.15. The van der Waals surface area contributed by atoms with Crippen LogP contribution in [0.15, 0.2) is 42.7 Å². The first-order valence-electron chi connectivity index (χ1n) is 7.56. The Morgan fingerprint density at radius 3 is 2.75 bits per heavy atom. The van der Waals surface area contributed by atoms with Crippen molar-refractivity contribution in [3.05, 3.63) is 54.0 Å². The number of nitrogens with zero attached hydrogens (tertiary/aromatic N) is 2. The molecule has 0 saturated carbocycles. The summed E-state index contributed by atoms with van der Waals surface area (Å²) < 4.78 is 12.4. The number of aromatic nitrogens is 2. The van der Waals surface area contributed by atoms with E-state index in [9.17, 15) is 4.79 Å². The van der Waals surface area contributed by atoms with E-state index < -0.39 is 0 Å². The second-order valence-electron chi connectivity index (χ2n) is 5.45. The van der Waals surface area contributed by atoms with Gasteiger partial charge in [-0.2, -0.15) is 0 Å². The molecule has 24 heavy (non-hydrogen) atoms. The quantitative estimate of drug-likeness (QED) is 0.783. The largest absolute Gasteiger partial charge is 0.493 e. The fourth-order valence-electron chi connectivity index (χ4n) is 2.60. The van der Waals surface area contributed by atoms with Crippen molar-refractivity contribution < 1.29 is 14.3 Å². The third-order valence-electron chi connectivity index (χ3n) is 3.69. The molecule has 1 aromatic carbocycles. The average Bonchev–Trinajstić information content (AvgIpc) is 2.96. The molecule has 3 aromatic rings. The van der Waals surface area contributed by atoms with Gasteiger partial charge in [-0.05, 0) is 36.8 Å². The smallest absolute Gasteiger partial charge is 0.228 e. The highest BCUT2D eigenvalue weighted by molar-refractivity contribution is 5.95. The number of ether oxygens (including phenoxy) is 2. The molecule has 124 valence electrons. The maximum absolute atomic E-state index is 12.4. The summed E-state index contributed by atoms with van der Waals surface area (Å²) in [5, 5.41) is 2.92. The van der Waals surface area contributed by atoms with E-state index in [0.29, 0.717) is 17.2 Å². The first kappa shape index (κ1) is 15.9. The zero-order chi connectivity index (χ0) is 17.1. The molecule has 2 heterocycles. The molecular formula is C18H19N3O3. The number of methoxy groups -OCH3 is 2. The molecule has 0 radical (unpaired) electrons. The van der Waals surface area contributed by atoms with Crippen molar-refractivity contribution in [2.75, 3.05) is 19.5 Å². The maximum Gasteiger partial charge on any atom is 0.228 e. The lowest BCUT2D eigenvalue weighted by Gasteiger charge is -2.10. The number of pyridine rings is 1. The number of carbonyl (C=O) groups excluding carboxylic acids is 1. The topological polar surface area (TPSA) is 64.9 Å². The Kier molecular flexibility index (Phi) is 4.37. The highest BCUT2D eigenvalue weighted by Gasteiger charge is 2.11. The van der Waals surface area contributed by atoms with Crippen LogP contribution in [0.25, 0.3) is 5.65 Å². The number of fused-ring (bicyclic) bond motifs is 1. The van der Waals surface area contributed by atoms with Crippen molar-refractivity contribution in [3.8, 4) is 11.5 Å². The number of benzene rings is 1. The number of rotatable bonds is 5. The van der Waals surface area contributed by atoms with Crippen molar-refractivity contribution in [1.29, 1.82) is 0 Å². The number of aryl methyl sites for hydroxylation is 1. The minimum atomic E-state index is -0.115. The van der Waals surface area contributed by atoms with Crippen LogP contribution in [0.2, 0.25) is 0 Å². The molecule has 1 amide bonds. The minimum absolute atomic E-state index is 0.115. The molecule has 0 atom stereocenters. The van der Waals surface area contributed by atoms with E-state index in [1.165, 1.54) is 0 Å². The molecule has 0 aliphatic heterocycles. The zero-order valence-electron chi connectivity index (χ0n) is 13.9. The van der Waals surface area contributed by atoms with Gasteiger partial charge in [-0.25, -0.2) is 4.98 Å². The van der Waals surface area contributed by atoms with E-state index in [0.717, 1.165) is 16.9 Å². The van der Waals surface area contributed by atoms with Gasteiger partial charge < -0.3 is 19.2 Å². The molecule has 0 fully saturated rings. The van der Waals surface area contributed by atoms with Gasteiger partial charge in [0, 0.05) is 12.4 Å². The molecule has 0 bridgehead atoms. The van der Waals surface area contributed by atoms with Gasteiger partial charge in [0.25, 0.3) is 0 Å². The number of hydrogen-bond donors (Lipinski definition) is 1. The summed E-state index contributed by atoms with van der Waals surface area (Å²) in [6.45, 7) is 1.92. The monoisotopic (exact) mass is 325 g/mol. The Balaban J connectivity index is 1.78. The Morgan fingerprint density at radius 2 is 2.00 bits per heavy atom. The number of amides is 1. The summed E-state index contributed by atoms with van der Waals surface area (Å²) >= 11 is 0. The van der Waals surface area contributed by atoms with Gasteiger partial charge in [-0.1, -0.05) is 6.07 Å². The number of carbonyl (C=O) groups is 1. The zero-order valence-corrected chi connectivity index (χ0v) is 13.9. The second kappa shape index (κ2) is 6.62. The van der Waals surface area contributed by atoms with Crippen LogP contribution in [0.5, 0.6) is 11.5 Å². The van der Waals surface area contributed by atoms with Crippen LogP contribution in [0, 0.1) is 6.92 Å². The van der Waals surface area contributed by atoms with Crippen LogP contribution in [-0.2, 0) is 11.2 Å². The molecule has 0 aliphatic carbocycles. The number of hydrogen-bond acceptors (Lipinski definition) is 4. The average molecular weight is 325 g/mol. The van der Waals surface area contributed by atoms with Crippen LogP contribution < -0.4 is 14.8 Å². The fraction of sp³-hybridized carbons (Fsp3) is 0.222. The summed E-state index contributed by atoms with van der Waals surface area (Å²) in [5.74, 6) is 1.13. The molecule has 3 rings (SSSR count). The van der Waals surface area contributed by atoms with E-state index in [4.69, 9.17) is 9.47 Å². The molecule has 1 N–H and O–H groups in total. The minimum Gasteiger partial charge on any atom is -0.493 e. The Morgan fingerprint density at radius 1 is 1.21 bits per heavy atom. The summed E-state index contributed by atoms with van der Waals surface area (Å²) in [6, 6.07) is 9.16. The first-order valence-corrected chi connectivity index (χ1v) is 7.56. The Hall–Kier alpha value is -3.02. The SMILES string of the molecule is COc1ccc(CC(=O)Nc2cccn3cc(C)nc23)cc1OC. The van der Waals surface area contributed by atoms with Gasteiger partial charge >= 0.3 is 0 Å². The van der Waals surface area contributed by atoms with Crippen molar-refractivity contribution in [3.63, 3.8) is 0 Å². The van der Waals surface area contributed by atoms with Gasteiger partial charge in [-0.3, -0.25) is 4.79 Å². The molecule has 6 nitrogen and oxygen atoms in total. The predicted molar refractivity (Wildman–Crippen MR) is 91.8 cm³/mol. The number of imidazole rings is 1. The first-order chi connectivity index (χ1) is 11.6. The summed E-state index contributed by atoms with van der Waals surface area (Å²) in [7, 11) is 3.15. The van der Waals surface area contributed by atoms with Crippen molar-refractivity contribution >= 4 is 17.2 Å². The molecule has 0 saturated heterocycles. The molecule has 6 heteroatoms. The van der Waals surface area contributed by atoms with E-state index in [2.05, 4.69) is 10.3 Å². The van der Waals surface area contributed by atoms with Crippen LogP contribution in [-0.4, -0.2) is 29.5 Å². The van der Waals surface area contributed by atoms with Crippen molar-refractivity contribution in [2.45, 2.75) is 13.3 Å². The van der Waals surface area contributed by atoms with Gasteiger partial charge in [0.2, 0.25) is 5.91 Å². The predicted octanol–water partition coefficient (Wildman–Crippen LogP) is 2.84. The summed E-state index contributed by atoms with van der Waals surface area (Å²) in [5.41, 5.74) is 3.17. The number of anilines is 1.